The molecule has 4 heterocycles. The number of hydrogen-bond acceptors (Lipinski definition) is 6. The molecule has 1 aromatic carbocycles. The summed E-state index contributed by atoms with van der Waals surface area (Å²) in [5.41, 5.74) is 2.55. The van der Waals surface area contributed by atoms with Gasteiger partial charge in [-0.3, -0.25) is 0 Å². The molecule has 9 heteroatoms. The van der Waals surface area contributed by atoms with Crippen LogP contribution in [0.25, 0.3) is 22.4 Å². The smallest absolute Gasteiger partial charge is 0.318 e. The van der Waals surface area contributed by atoms with Crippen LogP contribution in [0, 0.1) is 0 Å². The minimum Gasteiger partial charge on any atom is -0.371 e. The lowest BCUT2D eigenvalue weighted by atomic mass is 9.96. The third kappa shape index (κ3) is 3.98. The topological polar surface area (TPSA) is 97.2 Å². The first kappa shape index (κ1) is 21.3. The molecule has 2 bridgehead atoms. The maximum atomic E-state index is 11.6. The van der Waals surface area contributed by atoms with E-state index in [1.807, 2.05) is 30.5 Å². The molecular weight excluding hydrogens is 430 g/mol. The molecule has 2 N–H and O–H groups in total. The molecule has 1 saturated carbocycles. The van der Waals surface area contributed by atoms with E-state index >= 15 is 0 Å². The lowest BCUT2D eigenvalue weighted by Gasteiger charge is -2.33. The number of anilines is 2. The zero-order valence-electron chi connectivity index (χ0n) is 19.5. The number of aromatic nitrogens is 4. The summed E-state index contributed by atoms with van der Waals surface area (Å²) in [6.45, 7) is 1.71. The zero-order chi connectivity index (χ0) is 23.1. The van der Waals surface area contributed by atoms with Crippen molar-refractivity contribution in [3.63, 3.8) is 0 Å². The first-order chi connectivity index (χ1) is 16.7. The summed E-state index contributed by atoms with van der Waals surface area (Å²) < 4.78 is 8.22. The molecule has 6 rings (SSSR count). The number of nitrogens with one attached hydrogen (secondary N) is 2. The Kier molecular flexibility index (Phi) is 5.57. The van der Waals surface area contributed by atoms with Gasteiger partial charge < -0.3 is 20.3 Å². The first-order valence-corrected chi connectivity index (χ1v) is 12.4. The third-order valence-corrected chi connectivity index (χ3v) is 7.33. The highest BCUT2D eigenvalue weighted by Crippen LogP contribution is 2.36. The van der Waals surface area contributed by atoms with Crippen LogP contribution in [0.4, 0.5) is 16.3 Å². The Bertz CT molecular complexity index is 1170. The first-order valence-electron chi connectivity index (χ1n) is 12.4. The lowest BCUT2D eigenvalue weighted by Crippen LogP contribution is -2.43. The Labute approximate surface area is 198 Å². The second kappa shape index (κ2) is 8.87. The summed E-state index contributed by atoms with van der Waals surface area (Å²) in [5.74, 6) is 1.64. The molecule has 2 amide bonds. The van der Waals surface area contributed by atoms with E-state index in [1.165, 1.54) is 19.3 Å². The van der Waals surface area contributed by atoms with Gasteiger partial charge in [-0.05, 0) is 49.9 Å². The van der Waals surface area contributed by atoms with Crippen LogP contribution in [0.1, 0.15) is 51.0 Å². The van der Waals surface area contributed by atoms with Gasteiger partial charge in [0.2, 0.25) is 0 Å². The molecule has 9 nitrogen and oxygen atoms in total. The van der Waals surface area contributed by atoms with Crippen molar-refractivity contribution in [3.8, 4) is 11.4 Å². The van der Waals surface area contributed by atoms with Crippen molar-refractivity contribution in [2.75, 3.05) is 30.4 Å². The maximum Gasteiger partial charge on any atom is 0.318 e. The third-order valence-electron chi connectivity index (χ3n) is 7.33. The van der Waals surface area contributed by atoms with Crippen LogP contribution in [0.15, 0.2) is 30.5 Å². The Hall–Kier alpha value is -3.20. The molecule has 0 spiro atoms. The molecule has 2 atom stereocenters. The fourth-order valence-electron chi connectivity index (χ4n) is 5.56. The molecule has 34 heavy (non-hydrogen) atoms. The van der Waals surface area contributed by atoms with E-state index in [1.54, 1.807) is 7.05 Å². The largest absolute Gasteiger partial charge is 0.371 e. The number of carbonyl (C=O) groups is 1. The quantitative estimate of drug-likeness (QED) is 0.607. The highest BCUT2D eigenvalue weighted by atomic mass is 16.5. The highest BCUT2D eigenvalue weighted by Gasteiger charge is 2.35. The number of rotatable bonds is 4. The molecule has 2 aliphatic heterocycles. The summed E-state index contributed by atoms with van der Waals surface area (Å²) in [7, 11) is 1.60. The summed E-state index contributed by atoms with van der Waals surface area (Å²) in [6.07, 6.45) is 10.8. The Balaban J connectivity index is 1.41. The minimum absolute atomic E-state index is 0.244. The number of carbonyl (C=O) groups excluding carboxylic acids is 1. The number of hydrogen-bond donors (Lipinski definition) is 2. The maximum absolute atomic E-state index is 11.6. The van der Waals surface area contributed by atoms with Crippen molar-refractivity contribution in [1.82, 2.24) is 25.1 Å². The van der Waals surface area contributed by atoms with Crippen LogP contribution in [0.3, 0.4) is 0 Å². The van der Waals surface area contributed by atoms with Crippen molar-refractivity contribution >= 4 is 28.6 Å². The molecule has 2 aromatic heterocycles. The fraction of sp³-hybridized carbons (Fsp3) is 0.520. The monoisotopic (exact) mass is 461 g/mol. The van der Waals surface area contributed by atoms with Gasteiger partial charge in [0, 0.05) is 31.4 Å². The van der Waals surface area contributed by atoms with Crippen LogP contribution < -0.4 is 15.5 Å². The van der Waals surface area contributed by atoms with E-state index in [9.17, 15) is 4.79 Å². The summed E-state index contributed by atoms with van der Waals surface area (Å²) in [5, 5.41) is 11.2. The van der Waals surface area contributed by atoms with Crippen molar-refractivity contribution in [3.05, 3.63) is 30.5 Å². The fourth-order valence-corrected chi connectivity index (χ4v) is 5.56. The van der Waals surface area contributed by atoms with E-state index in [-0.39, 0.29) is 18.2 Å². The minimum atomic E-state index is -0.244. The van der Waals surface area contributed by atoms with Gasteiger partial charge in [0.15, 0.2) is 11.5 Å². The van der Waals surface area contributed by atoms with Gasteiger partial charge >= 0.3 is 6.03 Å². The van der Waals surface area contributed by atoms with Crippen LogP contribution in [-0.2, 0) is 4.74 Å². The number of urea groups is 1. The van der Waals surface area contributed by atoms with Crippen LogP contribution in [0.2, 0.25) is 0 Å². The van der Waals surface area contributed by atoms with Crippen LogP contribution >= 0.6 is 0 Å². The molecule has 1 aliphatic carbocycles. The van der Waals surface area contributed by atoms with Crippen molar-refractivity contribution in [2.45, 2.75) is 63.2 Å². The number of nitrogens with zero attached hydrogens (tertiary/aromatic N) is 5. The molecule has 0 radical (unpaired) electrons. The van der Waals surface area contributed by atoms with Crippen LogP contribution in [0.5, 0.6) is 0 Å². The molecular formula is C25H31N7O2. The Morgan fingerprint density at radius 1 is 1.00 bits per heavy atom. The molecule has 3 fully saturated rings. The van der Waals surface area contributed by atoms with Crippen molar-refractivity contribution in [1.29, 1.82) is 0 Å². The number of fused-ring (bicyclic) bond motifs is 3. The molecule has 3 aliphatic rings. The number of ether oxygens (including phenoxy) is 1. The van der Waals surface area contributed by atoms with E-state index < -0.39 is 0 Å². The van der Waals surface area contributed by atoms with Crippen LogP contribution in [-0.4, -0.2) is 58.1 Å². The standard InChI is InChI=1S/C25H31N7O2/c1-26-25(33)28-17-9-7-16(8-10-17)22-29-23(31-14-19-11-12-20(15-31)34-19)21-13-27-32(24(21)30-22)18-5-3-2-4-6-18/h7-10,13,18-20H,2-6,11-12,14-15H2,1H3,(H2,26,28,33). The summed E-state index contributed by atoms with van der Waals surface area (Å²) in [4.78, 5) is 24.1. The number of benzene rings is 1. The van der Waals surface area contributed by atoms with Gasteiger partial charge in [-0.1, -0.05) is 19.3 Å². The van der Waals surface area contributed by atoms with Gasteiger partial charge in [-0.2, -0.15) is 5.10 Å². The average Bonchev–Trinajstić information content (AvgIpc) is 3.46. The van der Waals surface area contributed by atoms with Crippen molar-refractivity contribution in [2.24, 2.45) is 0 Å². The van der Waals surface area contributed by atoms with Gasteiger partial charge in [0.25, 0.3) is 0 Å². The predicted octanol–water partition coefficient (Wildman–Crippen LogP) is 4.12. The Morgan fingerprint density at radius 2 is 1.74 bits per heavy atom. The molecule has 2 saturated heterocycles. The Morgan fingerprint density at radius 3 is 2.44 bits per heavy atom. The second-order valence-corrected chi connectivity index (χ2v) is 9.63. The second-order valence-electron chi connectivity index (χ2n) is 9.63. The van der Waals surface area contributed by atoms with E-state index in [4.69, 9.17) is 19.8 Å². The van der Waals surface area contributed by atoms with Crippen molar-refractivity contribution < 1.29 is 9.53 Å². The molecule has 178 valence electrons. The zero-order valence-corrected chi connectivity index (χ0v) is 19.5. The number of morpholine rings is 1. The number of amides is 2. The summed E-state index contributed by atoms with van der Waals surface area (Å²) >= 11 is 0. The van der Waals surface area contributed by atoms with E-state index in [0.29, 0.717) is 11.9 Å². The predicted molar refractivity (Wildman–Crippen MR) is 131 cm³/mol. The normalized spacial score (nSPS) is 22.8. The SMILES string of the molecule is CNC(=O)Nc1ccc(-c2nc(N3CC4CCC(C3)O4)c3cnn(C4CCCCC4)c3n2)cc1. The highest BCUT2D eigenvalue weighted by molar-refractivity contribution is 5.90. The molecule has 3 aromatic rings. The van der Waals surface area contributed by atoms with Gasteiger partial charge in [0.1, 0.15) is 5.82 Å². The van der Waals surface area contributed by atoms with Gasteiger partial charge in [-0.25, -0.2) is 19.4 Å². The van der Waals surface area contributed by atoms with Gasteiger partial charge in [-0.15, -0.1) is 0 Å². The molecule has 2 unspecified atom stereocenters. The summed E-state index contributed by atoms with van der Waals surface area (Å²) in [6, 6.07) is 7.82. The average molecular weight is 462 g/mol. The van der Waals surface area contributed by atoms with Gasteiger partial charge in [0.05, 0.1) is 29.8 Å². The lowest BCUT2D eigenvalue weighted by molar-refractivity contribution is 0.0303. The van der Waals surface area contributed by atoms with E-state index in [0.717, 1.165) is 66.9 Å². The van der Waals surface area contributed by atoms with E-state index in [2.05, 4.69) is 20.2 Å².